The van der Waals surface area contributed by atoms with Crippen molar-refractivity contribution < 1.29 is 32.9 Å². The average Bonchev–Trinajstić information content (AvgIpc) is 3.46. The summed E-state index contributed by atoms with van der Waals surface area (Å²) in [5.41, 5.74) is 6.65. The van der Waals surface area contributed by atoms with E-state index in [-0.39, 0.29) is 34.9 Å². The van der Waals surface area contributed by atoms with Gasteiger partial charge in [0.25, 0.3) is 0 Å². The van der Waals surface area contributed by atoms with E-state index < -0.39 is 36.5 Å². The van der Waals surface area contributed by atoms with Gasteiger partial charge in [0.1, 0.15) is 30.2 Å². The first-order valence-corrected chi connectivity index (χ1v) is 11.3. The number of nitrogens with two attached hydrogens (primary N) is 1. The van der Waals surface area contributed by atoms with E-state index in [1.54, 1.807) is 60.7 Å². The second-order valence-corrected chi connectivity index (χ2v) is 8.12. The quantitative estimate of drug-likeness (QED) is 0.371. The summed E-state index contributed by atoms with van der Waals surface area (Å²) >= 11 is 0. The normalized spacial score (nSPS) is 21.0. The Hall–Kier alpha value is -4.58. The maximum Gasteiger partial charge on any atom is 0.338 e. The van der Waals surface area contributed by atoms with Crippen LogP contribution in [-0.4, -0.2) is 63.8 Å². The lowest BCUT2D eigenvalue weighted by molar-refractivity contribution is -0.0603. The average molecular weight is 507 g/mol. The Kier molecular flexibility index (Phi) is 6.64. The summed E-state index contributed by atoms with van der Waals surface area (Å²) in [4.78, 5) is 33.3. The lowest BCUT2D eigenvalue weighted by Crippen LogP contribution is -2.37. The van der Waals surface area contributed by atoms with Crippen LogP contribution < -0.4 is 10.5 Å². The summed E-state index contributed by atoms with van der Waals surface area (Å²) in [5.74, 6) is -1.24. The van der Waals surface area contributed by atoms with E-state index in [1.165, 1.54) is 13.4 Å². The zero-order valence-corrected chi connectivity index (χ0v) is 19.6. The van der Waals surface area contributed by atoms with Gasteiger partial charge in [0.05, 0.1) is 18.2 Å². The Morgan fingerprint density at radius 2 is 1.68 bits per heavy atom. The molecule has 0 amide bonds. The first-order chi connectivity index (χ1) is 18.0. The molecule has 1 saturated heterocycles. The minimum Gasteiger partial charge on any atom is -0.479 e. The van der Waals surface area contributed by atoms with Crippen LogP contribution in [0.3, 0.4) is 0 Å². The van der Waals surface area contributed by atoms with Crippen molar-refractivity contribution in [2.45, 2.75) is 24.6 Å². The molecule has 3 heterocycles. The second-order valence-electron chi connectivity index (χ2n) is 8.12. The standard InChI is InChI=1S/C25H22FN5O6/c1-34-22-17-20(27)28-13-29-21(17)31(30-22)23-18(26)19(37-25(33)15-10-6-3-7-11-15)16(36-23)12-35-24(32)14-8-4-2-5-9-14/h2-11,13,16,18-19,23H,12H2,1H3,(H2,27,28,29)/t16-,18+,19-,23-/m1/s1. The maximum absolute atomic E-state index is 15.9. The molecule has 1 aliphatic rings. The number of methoxy groups -OCH3 is 1. The topological polar surface area (TPSA) is 141 Å². The van der Waals surface area contributed by atoms with Crippen LogP contribution in [0.5, 0.6) is 5.88 Å². The number of hydrogen-bond acceptors (Lipinski definition) is 10. The molecule has 0 spiro atoms. The van der Waals surface area contributed by atoms with Crippen LogP contribution in [0.2, 0.25) is 0 Å². The SMILES string of the molecule is COc1nn([C@@H]2O[C@H](COC(=O)c3ccccc3)[C@@H](OC(=O)c3ccccc3)[C@@H]2F)c2ncnc(N)c12. The highest BCUT2D eigenvalue weighted by atomic mass is 19.1. The summed E-state index contributed by atoms with van der Waals surface area (Å²) in [5, 5.41) is 4.52. The Bertz CT molecular complexity index is 1420. The highest BCUT2D eigenvalue weighted by molar-refractivity contribution is 5.91. The van der Waals surface area contributed by atoms with Crippen molar-refractivity contribution in [1.29, 1.82) is 0 Å². The lowest BCUT2D eigenvalue weighted by atomic mass is 10.1. The number of halogens is 1. The van der Waals surface area contributed by atoms with E-state index in [1.807, 2.05) is 0 Å². The fraction of sp³-hybridized carbons (Fsp3) is 0.240. The van der Waals surface area contributed by atoms with Crippen LogP contribution in [0.4, 0.5) is 10.2 Å². The smallest absolute Gasteiger partial charge is 0.338 e. The summed E-state index contributed by atoms with van der Waals surface area (Å²) in [6.45, 7) is -0.384. The number of esters is 2. The van der Waals surface area contributed by atoms with Crippen molar-refractivity contribution in [3.05, 3.63) is 78.1 Å². The zero-order valence-electron chi connectivity index (χ0n) is 19.6. The second kappa shape index (κ2) is 10.2. The number of benzene rings is 2. The van der Waals surface area contributed by atoms with Gasteiger partial charge in [-0.1, -0.05) is 36.4 Å². The van der Waals surface area contributed by atoms with E-state index in [0.29, 0.717) is 5.56 Å². The molecule has 4 aromatic rings. The van der Waals surface area contributed by atoms with Gasteiger partial charge >= 0.3 is 11.9 Å². The molecule has 37 heavy (non-hydrogen) atoms. The molecule has 0 unspecified atom stereocenters. The number of nitrogens with zero attached hydrogens (tertiary/aromatic N) is 4. The molecule has 4 atom stereocenters. The molecule has 190 valence electrons. The first-order valence-electron chi connectivity index (χ1n) is 11.3. The summed E-state index contributed by atoms with van der Waals surface area (Å²) < 4.78 is 39.2. The number of fused-ring (bicyclic) bond motifs is 1. The third-order valence-electron chi connectivity index (χ3n) is 5.83. The van der Waals surface area contributed by atoms with E-state index in [9.17, 15) is 9.59 Å². The number of rotatable bonds is 7. The Balaban J connectivity index is 1.44. The van der Waals surface area contributed by atoms with Gasteiger partial charge in [-0.25, -0.2) is 28.6 Å². The molecule has 5 rings (SSSR count). The molecule has 0 bridgehead atoms. The fourth-order valence-electron chi connectivity index (χ4n) is 4.03. The number of carbonyl (C=O) groups excluding carboxylic acids is 2. The van der Waals surface area contributed by atoms with Crippen molar-refractivity contribution in [3.8, 4) is 5.88 Å². The zero-order chi connectivity index (χ0) is 25.9. The predicted molar refractivity (Wildman–Crippen MR) is 127 cm³/mol. The van der Waals surface area contributed by atoms with Crippen molar-refractivity contribution in [2.24, 2.45) is 0 Å². The molecular weight excluding hydrogens is 485 g/mol. The Morgan fingerprint density at radius 3 is 2.32 bits per heavy atom. The minimum atomic E-state index is -1.91. The Morgan fingerprint density at radius 1 is 1.03 bits per heavy atom. The van der Waals surface area contributed by atoms with Crippen LogP contribution in [0.15, 0.2) is 67.0 Å². The summed E-state index contributed by atoms with van der Waals surface area (Å²) in [6.07, 6.45) is -4.67. The highest BCUT2D eigenvalue weighted by Crippen LogP contribution is 2.38. The molecule has 1 fully saturated rings. The number of alkyl halides is 1. The van der Waals surface area contributed by atoms with Crippen LogP contribution >= 0.6 is 0 Å². The van der Waals surface area contributed by atoms with E-state index in [0.717, 1.165) is 4.68 Å². The van der Waals surface area contributed by atoms with Gasteiger partial charge in [0.15, 0.2) is 24.2 Å². The largest absolute Gasteiger partial charge is 0.479 e. The molecule has 0 saturated carbocycles. The van der Waals surface area contributed by atoms with Crippen LogP contribution in [-0.2, 0) is 14.2 Å². The van der Waals surface area contributed by atoms with Gasteiger partial charge in [-0.3, -0.25) is 0 Å². The monoisotopic (exact) mass is 507 g/mol. The number of carbonyl (C=O) groups is 2. The molecule has 2 N–H and O–H groups in total. The van der Waals surface area contributed by atoms with Gasteiger partial charge < -0.3 is 24.7 Å². The molecule has 0 radical (unpaired) electrons. The Labute approximate surface area is 209 Å². The van der Waals surface area contributed by atoms with Crippen LogP contribution in [0.25, 0.3) is 11.0 Å². The van der Waals surface area contributed by atoms with Gasteiger partial charge in [0, 0.05) is 0 Å². The first kappa shape index (κ1) is 24.1. The minimum absolute atomic E-state index is 0.0701. The third kappa shape index (κ3) is 4.66. The van der Waals surface area contributed by atoms with Crippen LogP contribution in [0, 0.1) is 0 Å². The maximum atomic E-state index is 15.9. The van der Waals surface area contributed by atoms with Crippen molar-refractivity contribution in [2.75, 3.05) is 19.5 Å². The van der Waals surface area contributed by atoms with E-state index in [4.69, 9.17) is 24.7 Å². The summed E-state index contributed by atoms with van der Waals surface area (Å²) in [7, 11) is 1.37. The molecule has 12 heteroatoms. The van der Waals surface area contributed by atoms with Gasteiger partial charge in [-0.05, 0) is 24.3 Å². The van der Waals surface area contributed by atoms with Gasteiger partial charge in [0.2, 0.25) is 5.88 Å². The third-order valence-corrected chi connectivity index (χ3v) is 5.83. The molecule has 0 aliphatic carbocycles. The number of hydrogen-bond donors (Lipinski definition) is 1. The lowest BCUT2D eigenvalue weighted by Gasteiger charge is -2.19. The van der Waals surface area contributed by atoms with Gasteiger partial charge in [-0.2, -0.15) is 0 Å². The van der Waals surface area contributed by atoms with Gasteiger partial charge in [-0.15, -0.1) is 5.10 Å². The molecule has 1 aliphatic heterocycles. The predicted octanol–water partition coefficient (Wildman–Crippen LogP) is 2.74. The van der Waals surface area contributed by atoms with Crippen LogP contribution in [0.1, 0.15) is 26.9 Å². The number of anilines is 1. The van der Waals surface area contributed by atoms with Crippen molar-refractivity contribution in [3.63, 3.8) is 0 Å². The van der Waals surface area contributed by atoms with E-state index >= 15 is 4.39 Å². The molecule has 2 aromatic carbocycles. The fourth-order valence-corrected chi connectivity index (χ4v) is 4.03. The molecule has 2 aromatic heterocycles. The van der Waals surface area contributed by atoms with Crippen molar-refractivity contribution >= 4 is 28.8 Å². The number of nitrogen functional groups attached to an aromatic ring is 1. The van der Waals surface area contributed by atoms with Crippen molar-refractivity contribution in [1.82, 2.24) is 19.7 Å². The number of aromatic nitrogens is 4. The van der Waals surface area contributed by atoms with E-state index in [2.05, 4.69) is 15.1 Å². The molecular formula is C25H22FN5O6. The molecule has 11 nitrogen and oxygen atoms in total. The number of ether oxygens (including phenoxy) is 4. The highest BCUT2D eigenvalue weighted by Gasteiger charge is 2.50. The summed E-state index contributed by atoms with van der Waals surface area (Å²) in [6, 6.07) is 16.4.